The molecule has 5 rings (SSSR count). The highest BCUT2D eigenvalue weighted by atomic mass is 35.5. The van der Waals surface area contributed by atoms with Crippen molar-refractivity contribution in [2.75, 3.05) is 20.8 Å². The maximum Gasteiger partial charge on any atom is 0.338 e. The lowest BCUT2D eigenvalue weighted by molar-refractivity contribution is -0.139. The van der Waals surface area contributed by atoms with Crippen LogP contribution in [0.4, 0.5) is 0 Å². The first-order valence-electron chi connectivity index (χ1n) is 14.3. The molecule has 0 aliphatic carbocycles. The standard InChI is InChI=1S/C34H33ClN2O6S/c1-5-9-27-30(33(39)42-6-2)31(25-19-24(40-3)16-17-28(25)41-4)37-32(38)29(44-34(37)36-27)18-21-12-14-23(15-13-21)43-20-22-10-7-8-11-26(22)35/h7-8,10-19,31H,5-6,9,20H2,1-4H3/b29-18-/t31-/m0/s1. The Hall–Kier alpha value is -4.34. The molecule has 8 nitrogen and oxygen atoms in total. The average Bonchev–Trinajstić information content (AvgIpc) is 3.34. The second-order valence-corrected chi connectivity index (χ2v) is 11.4. The number of halogens is 1. The van der Waals surface area contributed by atoms with Gasteiger partial charge in [0.1, 0.15) is 29.9 Å². The Bertz CT molecular complexity index is 1880. The smallest absolute Gasteiger partial charge is 0.338 e. The normalized spacial score (nSPS) is 14.6. The van der Waals surface area contributed by atoms with E-state index in [-0.39, 0.29) is 12.2 Å². The maximum atomic E-state index is 14.1. The fourth-order valence-corrected chi connectivity index (χ4v) is 6.27. The molecule has 0 amide bonds. The highest BCUT2D eigenvalue weighted by molar-refractivity contribution is 7.07. The van der Waals surface area contributed by atoms with Gasteiger partial charge in [-0.2, -0.15) is 0 Å². The first-order chi connectivity index (χ1) is 21.4. The van der Waals surface area contributed by atoms with Crippen LogP contribution in [0.5, 0.6) is 17.2 Å². The van der Waals surface area contributed by atoms with Crippen LogP contribution in [0.2, 0.25) is 5.02 Å². The van der Waals surface area contributed by atoms with Crippen molar-refractivity contribution in [1.82, 2.24) is 4.57 Å². The molecule has 0 N–H and O–H groups in total. The molecule has 4 aromatic rings. The van der Waals surface area contributed by atoms with E-state index in [1.165, 1.54) is 11.3 Å². The Morgan fingerprint density at radius 2 is 1.77 bits per heavy atom. The van der Waals surface area contributed by atoms with E-state index in [0.29, 0.717) is 61.5 Å². The van der Waals surface area contributed by atoms with Crippen LogP contribution in [0.1, 0.15) is 49.4 Å². The summed E-state index contributed by atoms with van der Waals surface area (Å²) in [6.45, 7) is 4.30. The topological polar surface area (TPSA) is 88.4 Å². The number of methoxy groups -OCH3 is 2. The van der Waals surface area contributed by atoms with E-state index in [0.717, 1.165) is 17.5 Å². The lowest BCUT2D eigenvalue weighted by atomic mass is 9.93. The van der Waals surface area contributed by atoms with Crippen molar-refractivity contribution >= 4 is 35.0 Å². The molecule has 44 heavy (non-hydrogen) atoms. The number of thiazole rings is 1. The maximum absolute atomic E-state index is 14.1. The van der Waals surface area contributed by atoms with Gasteiger partial charge in [0.15, 0.2) is 4.80 Å². The van der Waals surface area contributed by atoms with Gasteiger partial charge in [-0.3, -0.25) is 9.36 Å². The molecule has 1 atom stereocenters. The van der Waals surface area contributed by atoms with Crippen molar-refractivity contribution in [3.63, 3.8) is 0 Å². The van der Waals surface area contributed by atoms with Gasteiger partial charge in [0.05, 0.1) is 36.6 Å². The van der Waals surface area contributed by atoms with E-state index < -0.39 is 12.0 Å². The summed E-state index contributed by atoms with van der Waals surface area (Å²) in [7, 11) is 3.12. The number of benzene rings is 3. The highest BCUT2D eigenvalue weighted by Crippen LogP contribution is 2.38. The Kier molecular flexibility index (Phi) is 9.87. The van der Waals surface area contributed by atoms with Crippen molar-refractivity contribution in [2.24, 2.45) is 4.99 Å². The Balaban J connectivity index is 1.59. The third kappa shape index (κ3) is 6.44. The molecular formula is C34H33ClN2O6S. The number of aromatic nitrogens is 1. The Morgan fingerprint density at radius 1 is 1.02 bits per heavy atom. The van der Waals surface area contributed by atoms with E-state index >= 15 is 0 Å². The molecule has 0 bridgehead atoms. The number of esters is 1. The number of hydrogen-bond donors (Lipinski definition) is 0. The zero-order valence-corrected chi connectivity index (χ0v) is 26.5. The summed E-state index contributed by atoms with van der Waals surface area (Å²) in [5.74, 6) is 1.24. The zero-order chi connectivity index (χ0) is 31.2. The third-order valence-electron chi connectivity index (χ3n) is 7.15. The van der Waals surface area contributed by atoms with Gasteiger partial charge >= 0.3 is 5.97 Å². The molecule has 0 unspecified atom stereocenters. The average molecular weight is 633 g/mol. The molecule has 228 valence electrons. The molecule has 10 heteroatoms. The number of hydrogen-bond acceptors (Lipinski definition) is 8. The number of carbonyl (C=O) groups excluding carboxylic acids is 1. The minimum absolute atomic E-state index is 0.187. The second kappa shape index (κ2) is 14.0. The van der Waals surface area contributed by atoms with Crippen LogP contribution in [0, 0.1) is 0 Å². The predicted octanol–water partition coefficient (Wildman–Crippen LogP) is 5.83. The quantitative estimate of drug-likeness (QED) is 0.193. The van der Waals surface area contributed by atoms with Crippen LogP contribution >= 0.6 is 22.9 Å². The summed E-state index contributed by atoms with van der Waals surface area (Å²) in [4.78, 5) is 32.9. The molecule has 1 aromatic heterocycles. The van der Waals surface area contributed by atoms with Crippen LogP contribution in [0.25, 0.3) is 6.08 Å². The highest BCUT2D eigenvalue weighted by Gasteiger charge is 2.36. The number of nitrogens with zero attached hydrogens (tertiary/aromatic N) is 2. The van der Waals surface area contributed by atoms with Crippen LogP contribution in [-0.2, 0) is 16.1 Å². The Labute approximate surface area is 264 Å². The van der Waals surface area contributed by atoms with Crippen LogP contribution < -0.4 is 29.1 Å². The number of rotatable bonds is 11. The molecular weight excluding hydrogens is 600 g/mol. The lowest BCUT2D eigenvalue weighted by Gasteiger charge is -2.27. The van der Waals surface area contributed by atoms with E-state index in [2.05, 4.69) is 0 Å². The van der Waals surface area contributed by atoms with Crippen molar-refractivity contribution in [3.8, 4) is 17.2 Å². The second-order valence-electron chi connectivity index (χ2n) is 9.97. The molecule has 0 spiro atoms. The predicted molar refractivity (Wildman–Crippen MR) is 171 cm³/mol. The molecule has 2 heterocycles. The summed E-state index contributed by atoms with van der Waals surface area (Å²) >= 11 is 7.52. The van der Waals surface area contributed by atoms with Crippen molar-refractivity contribution in [1.29, 1.82) is 0 Å². The van der Waals surface area contributed by atoms with E-state index in [4.69, 9.17) is 35.5 Å². The summed E-state index contributed by atoms with van der Waals surface area (Å²) < 4.78 is 24.6. The summed E-state index contributed by atoms with van der Waals surface area (Å²) in [6, 6.07) is 19.5. The lowest BCUT2D eigenvalue weighted by Crippen LogP contribution is -2.40. The van der Waals surface area contributed by atoms with Gasteiger partial charge in [-0.05, 0) is 61.4 Å². The van der Waals surface area contributed by atoms with Crippen molar-refractivity contribution in [2.45, 2.75) is 39.3 Å². The zero-order valence-electron chi connectivity index (χ0n) is 25.0. The molecule has 0 saturated carbocycles. The number of ether oxygens (including phenoxy) is 4. The third-order valence-corrected chi connectivity index (χ3v) is 8.51. The van der Waals surface area contributed by atoms with E-state index in [1.807, 2.05) is 61.5 Å². The molecule has 0 fully saturated rings. The van der Waals surface area contributed by atoms with Crippen LogP contribution in [0.3, 0.4) is 0 Å². The first kappa shape index (κ1) is 31.1. The van der Waals surface area contributed by atoms with Crippen LogP contribution in [0.15, 0.2) is 87.8 Å². The minimum Gasteiger partial charge on any atom is -0.497 e. The number of allylic oxidation sites excluding steroid dienone is 1. The molecule has 1 aliphatic heterocycles. The van der Waals surface area contributed by atoms with E-state index in [1.54, 1.807) is 43.9 Å². The molecule has 3 aromatic carbocycles. The van der Waals surface area contributed by atoms with Crippen molar-refractivity contribution in [3.05, 3.63) is 119 Å². The molecule has 1 aliphatic rings. The summed E-state index contributed by atoms with van der Waals surface area (Å²) in [5.41, 5.74) is 2.94. The fourth-order valence-electron chi connectivity index (χ4n) is 5.06. The molecule has 0 radical (unpaired) electrons. The fraction of sp³-hybridized carbons (Fsp3) is 0.265. The summed E-state index contributed by atoms with van der Waals surface area (Å²) in [5, 5.41) is 0.651. The number of carbonyl (C=O) groups is 1. The van der Waals surface area contributed by atoms with Crippen molar-refractivity contribution < 1.29 is 23.7 Å². The van der Waals surface area contributed by atoms with Gasteiger partial charge in [-0.25, -0.2) is 9.79 Å². The summed E-state index contributed by atoms with van der Waals surface area (Å²) in [6.07, 6.45) is 3.11. The van der Waals surface area contributed by atoms with E-state index in [9.17, 15) is 9.59 Å². The van der Waals surface area contributed by atoms with Gasteiger partial charge < -0.3 is 18.9 Å². The SMILES string of the molecule is CCCC1=C(C(=O)OCC)[C@H](c2cc(OC)ccc2OC)n2c(s/c(=C\c3ccc(OCc4ccccc4Cl)cc3)c2=O)=N1. The van der Waals surface area contributed by atoms with Gasteiger partial charge in [0, 0.05) is 16.1 Å². The van der Waals surface area contributed by atoms with Gasteiger partial charge in [0.25, 0.3) is 5.56 Å². The first-order valence-corrected chi connectivity index (χ1v) is 15.5. The Morgan fingerprint density at radius 3 is 2.45 bits per heavy atom. The number of fused-ring (bicyclic) bond motifs is 1. The van der Waals surface area contributed by atoms with Gasteiger partial charge in [-0.15, -0.1) is 0 Å². The largest absolute Gasteiger partial charge is 0.497 e. The molecule has 0 saturated heterocycles. The van der Waals surface area contributed by atoms with Gasteiger partial charge in [0.2, 0.25) is 0 Å². The minimum atomic E-state index is -0.820. The van der Waals surface area contributed by atoms with Crippen LogP contribution in [-0.4, -0.2) is 31.4 Å². The monoisotopic (exact) mass is 632 g/mol. The van der Waals surface area contributed by atoms with Gasteiger partial charge in [-0.1, -0.05) is 66.6 Å².